The lowest BCUT2D eigenvalue weighted by Crippen LogP contribution is -2.32. The van der Waals surface area contributed by atoms with Crippen LogP contribution in [0.4, 0.5) is 4.39 Å². The lowest BCUT2D eigenvalue weighted by Gasteiger charge is -2.08. The van der Waals surface area contributed by atoms with Crippen molar-refractivity contribution in [3.05, 3.63) is 63.0 Å². The molecular formula is C22H29Br2FN4O3S. The molecule has 0 unspecified atom stereocenters. The summed E-state index contributed by atoms with van der Waals surface area (Å²) in [5, 5.41) is 19.2. The summed E-state index contributed by atoms with van der Waals surface area (Å²) in [7, 11) is 0. The van der Waals surface area contributed by atoms with Gasteiger partial charge in [0.05, 0.1) is 4.70 Å². The van der Waals surface area contributed by atoms with Gasteiger partial charge in [0, 0.05) is 32.6 Å². The summed E-state index contributed by atoms with van der Waals surface area (Å²) < 4.78 is 13.9. The SMILES string of the molecule is Br.Br.O=C(CCNCCNCCc1ccc(O)c2[nH]c(=O)sc12)NCCc1cccc(F)c1. The number of carbonyl (C=O) groups is 1. The molecule has 33 heavy (non-hydrogen) atoms. The smallest absolute Gasteiger partial charge is 0.305 e. The third-order valence-electron chi connectivity index (χ3n) is 4.84. The van der Waals surface area contributed by atoms with Crippen LogP contribution in [0, 0.1) is 5.82 Å². The van der Waals surface area contributed by atoms with Crippen molar-refractivity contribution in [2.45, 2.75) is 19.3 Å². The van der Waals surface area contributed by atoms with Crippen molar-refractivity contribution in [1.29, 1.82) is 0 Å². The van der Waals surface area contributed by atoms with E-state index in [9.17, 15) is 19.1 Å². The zero-order valence-corrected chi connectivity index (χ0v) is 22.2. The van der Waals surface area contributed by atoms with Crippen LogP contribution in [0.2, 0.25) is 0 Å². The van der Waals surface area contributed by atoms with Crippen LogP contribution in [0.25, 0.3) is 10.2 Å². The Morgan fingerprint density at radius 1 is 1.00 bits per heavy atom. The Bertz CT molecular complexity index is 1080. The van der Waals surface area contributed by atoms with Gasteiger partial charge in [-0.15, -0.1) is 34.0 Å². The van der Waals surface area contributed by atoms with Gasteiger partial charge >= 0.3 is 4.87 Å². The molecule has 0 fully saturated rings. The molecule has 0 bridgehead atoms. The highest BCUT2D eigenvalue weighted by Gasteiger charge is 2.09. The molecular weight excluding hydrogens is 579 g/mol. The van der Waals surface area contributed by atoms with E-state index < -0.39 is 0 Å². The molecule has 0 aliphatic heterocycles. The standard InChI is InChI=1S/C22H27FN4O3S.2BrH/c23-17-3-1-2-15(14-17)6-11-26-19(29)8-10-25-13-12-24-9-7-16-4-5-18(28)20-21(16)31-22(30)27-20;;/h1-5,14,24-25,28H,6-13H2,(H,26,29)(H,27,30);2*1H. The number of carbonyl (C=O) groups excluding carboxylic acids is 1. The number of aromatic amines is 1. The van der Waals surface area contributed by atoms with E-state index in [4.69, 9.17) is 0 Å². The molecule has 0 atom stereocenters. The van der Waals surface area contributed by atoms with Crippen LogP contribution >= 0.6 is 45.3 Å². The predicted octanol–water partition coefficient (Wildman–Crippen LogP) is 3.06. The van der Waals surface area contributed by atoms with E-state index in [0.717, 1.165) is 53.2 Å². The first-order valence-electron chi connectivity index (χ1n) is 10.3. The molecule has 0 spiro atoms. The average Bonchev–Trinajstić information content (AvgIpc) is 3.14. The van der Waals surface area contributed by atoms with Crippen molar-refractivity contribution in [2.75, 3.05) is 32.7 Å². The van der Waals surface area contributed by atoms with Crippen molar-refractivity contribution in [3.63, 3.8) is 0 Å². The van der Waals surface area contributed by atoms with Gasteiger partial charge in [0.1, 0.15) is 17.1 Å². The van der Waals surface area contributed by atoms with Crippen LogP contribution in [0.3, 0.4) is 0 Å². The third-order valence-corrected chi connectivity index (χ3v) is 5.80. The Labute approximate surface area is 216 Å². The molecule has 3 aromatic rings. The second-order valence-corrected chi connectivity index (χ2v) is 8.18. The number of nitrogens with one attached hydrogen (secondary N) is 4. The highest BCUT2D eigenvalue weighted by Crippen LogP contribution is 2.27. The Morgan fingerprint density at radius 2 is 1.76 bits per heavy atom. The summed E-state index contributed by atoms with van der Waals surface area (Å²) >= 11 is 1.11. The highest BCUT2D eigenvalue weighted by molar-refractivity contribution is 8.93. The number of benzene rings is 2. The Kier molecular flexibility index (Phi) is 13.4. The number of hydrogen-bond acceptors (Lipinski definition) is 6. The van der Waals surface area contributed by atoms with Gasteiger partial charge in [0.2, 0.25) is 5.91 Å². The number of fused-ring (bicyclic) bond motifs is 1. The summed E-state index contributed by atoms with van der Waals surface area (Å²) in [4.78, 5) is 25.9. The molecule has 0 radical (unpaired) electrons. The molecule has 1 amide bonds. The number of phenolic OH excluding ortho intramolecular Hbond substituents is 1. The van der Waals surface area contributed by atoms with Gasteiger partial charge in [-0.05, 0) is 48.7 Å². The maximum absolute atomic E-state index is 13.1. The van der Waals surface area contributed by atoms with Gasteiger partial charge in [-0.3, -0.25) is 9.59 Å². The lowest BCUT2D eigenvalue weighted by atomic mass is 10.1. The normalized spacial score (nSPS) is 10.5. The van der Waals surface area contributed by atoms with E-state index in [-0.39, 0.29) is 56.3 Å². The number of phenols is 1. The lowest BCUT2D eigenvalue weighted by molar-refractivity contribution is -0.120. The van der Waals surface area contributed by atoms with Crippen molar-refractivity contribution >= 4 is 61.4 Å². The molecule has 0 aliphatic rings. The van der Waals surface area contributed by atoms with Gasteiger partial charge in [-0.25, -0.2) is 4.39 Å². The van der Waals surface area contributed by atoms with Gasteiger partial charge in [-0.1, -0.05) is 29.5 Å². The molecule has 0 saturated heterocycles. The summed E-state index contributed by atoms with van der Waals surface area (Å²) in [6.07, 6.45) is 1.74. The van der Waals surface area contributed by atoms with Gasteiger partial charge in [0.15, 0.2) is 0 Å². The van der Waals surface area contributed by atoms with Gasteiger partial charge < -0.3 is 26.0 Å². The van der Waals surface area contributed by atoms with E-state index in [1.54, 1.807) is 12.1 Å². The van der Waals surface area contributed by atoms with Gasteiger partial charge in [0.25, 0.3) is 0 Å². The molecule has 0 aliphatic carbocycles. The summed E-state index contributed by atoms with van der Waals surface area (Å²) in [5.41, 5.74) is 2.39. The number of amides is 1. The Hall–Kier alpha value is -1.79. The van der Waals surface area contributed by atoms with Crippen molar-refractivity contribution in [2.24, 2.45) is 0 Å². The number of H-pyrrole nitrogens is 1. The first kappa shape index (κ1) is 29.2. The van der Waals surface area contributed by atoms with E-state index >= 15 is 0 Å². The first-order chi connectivity index (χ1) is 15.0. The molecule has 0 saturated carbocycles. The van der Waals surface area contributed by atoms with E-state index in [1.807, 2.05) is 12.1 Å². The molecule has 7 nitrogen and oxygen atoms in total. The minimum absolute atomic E-state index is 0. The predicted molar refractivity (Wildman–Crippen MR) is 142 cm³/mol. The summed E-state index contributed by atoms with van der Waals surface area (Å²) in [6.45, 7) is 3.31. The molecule has 1 heterocycles. The average molecular weight is 608 g/mol. The number of thiazole rings is 1. The Morgan fingerprint density at radius 3 is 2.52 bits per heavy atom. The van der Waals surface area contributed by atoms with Crippen LogP contribution in [-0.2, 0) is 17.6 Å². The fraction of sp³-hybridized carbons (Fsp3) is 0.364. The second-order valence-electron chi connectivity index (χ2n) is 7.19. The zero-order chi connectivity index (χ0) is 22.1. The monoisotopic (exact) mass is 606 g/mol. The number of rotatable bonds is 12. The van der Waals surface area contributed by atoms with Crippen LogP contribution in [-0.4, -0.2) is 48.7 Å². The summed E-state index contributed by atoms with van der Waals surface area (Å²) in [6, 6.07) is 9.83. The molecule has 5 N–H and O–H groups in total. The van der Waals surface area contributed by atoms with E-state index in [2.05, 4.69) is 20.9 Å². The first-order valence-corrected chi connectivity index (χ1v) is 11.1. The molecule has 2 aromatic carbocycles. The van der Waals surface area contributed by atoms with Crippen LogP contribution in [0.15, 0.2) is 41.2 Å². The molecule has 182 valence electrons. The largest absolute Gasteiger partial charge is 0.506 e. The minimum Gasteiger partial charge on any atom is -0.506 e. The number of halogens is 3. The second kappa shape index (κ2) is 15.2. The minimum atomic E-state index is -0.264. The highest BCUT2D eigenvalue weighted by atomic mass is 79.9. The number of aromatic hydroxyl groups is 1. The zero-order valence-electron chi connectivity index (χ0n) is 18.0. The third kappa shape index (κ3) is 9.54. The fourth-order valence-corrected chi connectivity index (χ4v) is 4.15. The number of aromatic nitrogens is 1. The van der Waals surface area contributed by atoms with Crippen LogP contribution < -0.4 is 20.8 Å². The van der Waals surface area contributed by atoms with Crippen LogP contribution in [0.1, 0.15) is 17.5 Å². The fourth-order valence-electron chi connectivity index (χ4n) is 3.25. The Balaban J connectivity index is 0.00000272. The van der Waals surface area contributed by atoms with Crippen molar-refractivity contribution in [3.8, 4) is 5.75 Å². The van der Waals surface area contributed by atoms with Gasteiger partial charge in [-0.2, -0.15) is 0 Å². The number of hydrogen-bond donors (Lipinski definition) is 5. The van der Waals surface area contributed by atoms with E-state index in [0.29, 0.717) is 31.4 Å². The topological polar surface area (TPSA) is 106 Å². The van der Waals surface area contributed by atoms with E-state index in [1.165, 1.54) is 12.1 Å². The van der Waals surface area contributed by atoms with Crippen LogP contribution in [0.5, 0.6) is 5.75 Å². The maximum Gasteiger partial charge on any atom is 0.305 e. The van der Waals surface area contributed by atoms with Crippen molar-refractivity contribution < 1.29 is 14.3 Å². The molecule has 11 heteroatoms. The molecule has 3 rings (SSSR count). The summed E-state index contributed by atoms with van der Waals surface area (Å²) in [5.74, 6) is -0.203. The quantitative estimate of drug-likeness (QED) is 0.204. The van der Waals surface area contributed by atoms with Crippen molar-refractivity contribution in [1.82, 2.24) is 20.9 Å². The molecule has 1 aromatic heterocycles. The maximum atomic E-state index is 13.1.